The van der Waals surface area contributed by atoms with Crippen LogP contribution < -0.4 is 5.32 Å². The highest BCUT2D eigenvalue weighted by Gasteiger charge is 2.11. The van der Waals surface area contributed by atoms with Crippen LogP contribution in [-0.4, -0.2) is 26.8 Å². The molecule has 2 aromatic heterocycles. The number of thioether (sulfide) groups is 1. The maximum Gasteiger partial charge on any atom is 0.236 e. The van der Waals surface area contributed by atoms with E-state index in [4.69, 9.17) is 4.98 Å². The molecule has 0 radical (unpaired) electrons. The number of hydrogen-bond donors (Lipinski definition) is 1. The predicted octanol–water partition coefficient (Wildman–Crippen LogP) is 4.30. The van der Waals surface area contributed by atoms with Gasteiger partial charge in [0.25, 0.3) is 0 Å². The number of nitrogens with one attached hydrogen (secondary N) is 1. The summed E-state index contributed by atoms with van der Waals surface area (Å²) < 4.78 is 0. The van der Waals surface area contributed by atoms with Gasteiger partial charge in [-0.1, -0.05) is 41.7 Å². The van der Waals surface area contributed by atoms with Gasteiger partial charge in [-0.15, -0.1) is 10.2 Å². The summed E-state index contributed by atoms with van der Waals surface area (Å²) in [4.78, 5) is 16.9. The van der Waals surface area contributed by atoms with Crippen molar-refractivity contribution in [2.45, 2.75) is 39.1 Å². The summed E-state index contributed by atoms with van der Waals surface area (Å²) in [6.45, 7) is 8.20. The summed E-state index contributed by atoms with van der Waals surface area (Å²) in [5.74, 6) is 0.205. The molecule has 0 saturated heterocycles. The lowest BCUT2D eigenvalue weighted by Crippen LogP contribution is -2.14. The molecule has 0 saturated carbocycles. The lowest BCUT2D eigenvalue weighted by molar-refractivity contribution is -0.113. The Morgan fingerprint density at radius 2 is 1.96 bits per heavy atom. The van der Waals surface area contributed by atoms with E-state index in [2.05, 4.69) is 47.6 Å². The fourth-order valence-corrected chi connectivity index (χ4v) is 4.10. The smallest absolute Gasteiger partial charge is 0.236 e. The third kappa shape index (κ3) is 4.16. The van der Waals surface area contributed by atoms with E-state index in [0.29, 0.717) is 10.9 Å². The van der Waals surface area contributed by atoms with Crippen molar-refractivity contribution >= 4 is 45.0 Å². The van der Waals surface area contributed by atoms with Crippen LogP contribution in [-0.2, 0) is 11.2 Å². The Balaban J connectivity index is 1.72. The van der Waals surface area contributed by atoms with Crippen LogP contribution >= 0.6 is 23.1 Å². The maximum atomic E-state index is 12.1. The van der Waals surface area contributed by atoms with Gasteiger partial charge in [0.15, 0.2) is 0 Å². The second-order valence-corrected chi connectivity index (χ2v) is 7.98. The van der Waals surface area contributed by atoms with Crippen LogP contribution in [0.15, 0.2) is 23.2 Å². The van der Waals surface area contributed by atoms with Crippen molar-refractivity contribution in [2.75, 3.05) is 11.1 Å². The summed E-state index contributed by atoms with van der Waals surface area (Å²) in [5.41, 5.74) is 4.46. The number of hydrogen-bond acceptors (Lipinski definition) is 6. The largest absolute Gasteiger partial charge is 0.300 e. The monoisotopic (exact) mass is 372 g/mol. The third-order valence-corrected chi connectivity index (χ3v) is 5.83. The van der Waals surface area contributed by atoms with Crippen molar-refractivity contribution < 1.29 is 4.79 Å². The minimum atomic E-state index is -0.0919. The lowest BCUT2D eigenvalue weighted by atomic mass is 10.1. The molecule has 2 heterocycles. The highest BCUT2D eigenvalue weighted by atomic mass is 32.2. The number of fused-ring (bicyclic) bond motifs is 1. The first-order valence-corrected chi connectivity index (χ1v) is 9.90. The quantitative estimate of drug-likeness (QED) is 0.676. The topological polar surface area (TPSA) is 67.8 Å². The third-order valence-electron chi connectivity index (χ3n) is 3.75. The number of rotatable bonds is 5. The Kier molecular flexibility index (Phi) is 5.34. The van der Waals surface area contributed by atoms with Crippen molar-refractivity contribution in [3.8, 4) is 0 Å². The number of benzene rings is 1. The Morgan fingerprint density at radius 1 is 1.16 bits per heavy atom. The number of aryl methyl sites for hydroxylation is 4. The van der Waals surface area contributed by atoms with Crippen molar-refractivity contribution in [3.63, 3.8) is 0 Å². The van der Waals surface area contributed by atoms with Gasteiger partial charge in [-0.2, -0.15) is 0 Å². The van der Waals surface area contributed by atoms with E-state index in [9.17, 15) is 4.79 Å². The van der Waals surface area contributed by atoms with Gasteiger partial charge in [-0.3, -0.25) is 10.1 Å². The van der Waals surface area contributed by atoms with E-state index in [1.54, 1.807) is 0 Å². The van der Waals surface area contributed by atoms with Gasteiger partial charge in [0.1, 0.15) is 10.0 Å². The molecule has 25 heavy (non-hydrogen) atoms. The van der Waals surface area contributed by atoms with Crippen LogP contribution in [0.2, 0.25) is 0 Å². The average Bonchev–Trinajstić information content (AvgIpc) is 3.00. The molecule has 0 aliphatic heterocycles. The zero-order valence-electron chi connectivity index (χ0n) is 14.7. The summed E-state index contributed by atoms with van der Waals surface area (Å²) in [7, 11) is 0. The molecule has 0 unspecified atom stereocenters. The molecule has 3 rings (SSSR count). The molecule has 1 amide bonds. The number of aromatic nitrogens is 3. The van der Waals surface area contributed by atoms with Crippen molar-refractivity contribution in [1.82, 2.24) is 15.2 Å². The van der Waals surface area contributed by atoms with Crippen molar-refractivity contribution in [3.05, 3.63) is 39.9 Å². The molecule has 1 aromatic carbocycles. The number of carbonyl (C=O) groups excluding carboxylic acids is 1. The van der Waals surface area contributed by atoms with Crippen LogP contribution in [0.1, 0.15) is 28.6 Å². The minimum Gasteiger partial charge on any atom is -0.300 e. The van der Waals surface area contributed by atoms with E-state index < -0.39 is 0 Å². The standard InChI is InChI=1S/C18H20N4OS2/c1-5-15-21-22-18(25-15)19-14(23)9-24-17-12(4)8-13-7-10(2)6-11(3)16(13)20-17/h6-8H,5,9H2,1-4H3,(H,19,22,23). The maximum absolute atomic E-state index is 12.1. The zero-order valence-corrected chi connectivity index (χ0v) is 16.3. The molecular weight excluding hydrogens is 352 g/mol. The minimum absolute atomic E-state index is 0.0919. The van der Waals surface area contributed by atoms with Crippen LogP contribution in [0.3, 0.4) is 0 Å². The number of amides is 1. The Hall–Kier alpha value is -1.99. The SMILES string of the molecule is CCc1nnc(NC(=O)CSc2nc3c(C)cc(C)cc3cc2C)s1. The normalized spacial score (nSPS) is 11.0. The number of anilines is 1. The number of carbonyl (C=O) groups is 1. The van der Waals surface area contributed by atoms with Crippen LogP contribution in [0.25, 0.3) is 10.9 Å². The Labute approximate surface area is 155 Å². The van der Waals surface area contributed by atoms with E-state index in [1.165, 1.54) is 28.7 Å². The van der Waals surface area contributed by atoms with Crippen LogP contribution in [0, 0.1) is 20.8 Å². The summed E-state index contributed by atoms with van der Waals surface area (Å²) >= 11 is 2.86. The second-order valence-electron chi connectivity index (χ2n) is 5.96. The zero-order chi connectivity index (χ0) is 18.0. The molecule has 3 aromatic rings. The van der Waals surface area contributed by atoms with E-state index in [1.807, 2.05) is 13.8 Å². The van der Waals surface area contributed by atoms with E-state index in [-0.39, 0.29) is 5.91 Å². The fraction of sp³-hybridized carbons (Fsp3) is 0.333. The first-order chi connectivity index (χ1) is 12.0. The predicted molar refractivity (Wildman–Crippen MR) is 105 cm³/mol. The lowest BCUT2D eigenvalue weighted by Gasteiger charge is -2.09. The van der Waals surface area contributed by atoms with Gasteiger partial charge in [0, 0.05) is 5.39 Å². The van der Waals surface area contributed by atoms with E-state index in [0.717, 1.165) is 38.5 Å². The van der Waals surface area contributed by atoms with Crippen molar-refractivity contribution in [1.29, 1.82) is 0 Å². The molecule has 1 N–H and O–H groups in total. The van der Waals surface area contributed by atoms with Gasteiger partial charge in [0.05, 0.1) is 11.3 Å². The molecule has 0 fully saturated rings. The highest BCUT2D eigenvalue weighted by molar-refractivity contribution is 8.00. The second kappa shape index (κ2) is 7.49. The van der Waals surface area contributed by atoms with E-state index >= 15 is 0 Å². The van der Waals surface area contributed by atoms with Gasteiger partial charge in [-0.05, 0) is 50.5 Å². The summed E-state index contributed by atoms with van der Waals surface area (Å²) in [5, 5.41) is 14.3. The Morgan fingerprint density at radius 3 is 2.68 bits per heavy atom. The van der Waals surface area contributed by atoms with Gasteiger partial charge >= 0.3 is 0 Å². The molecule has 0 bridgehead atoms. The fourth-order valence-electron chi connectivity index (χ4n) is 2.62. The molecule has 7 heteroatoms. The summed E-state index contributed by atoms with van der Waals surface area (Å²) in [6.07, 6.45) is 0.821. The number of pyridine rings is 1. The molecular formula is C18H20N4OS2. The average molecular weight is 373 g/mol. The molecule has 5 nitrogen and oxygen atoms in total. The Bertz CT molecular complexity index is 936. The van der Waals surface area contributed by atoms with Crippen molar-refractivity contribution in [2.24, 2.45) is 0 Å². The molecule has 0 aliphatic carbocycles. The molecule has 0 spiro atoms. The first kappa shape index (κ1) is 17.8. The van der Waals surface area contributed by atoms with Crippen LogP contribution in [0.5, 0.6) is 0 Å². The van der Waals surface area contributed by atoms with Gasteiger partial charge in [-0.25, -0.2) is 4.98 Å². The van der Waals surface area contributed by atoms with Crippen LogP contribution in [0.4, 0.5) is 5.13 Å². The highest BCUT2D eigenvalue weighted by Crippen LogP contribution is 2.27. The molecule has 0 aliphatic rings. The molecule has 130 valence electrons. The number of nitrogens with zero attached hydrogens (tertiary/aromatic N) is 3. The first-order valence-electron chi connectivity index (χ1n) is 8.10. The summed E-state index contributed by atoms with van der Waals surface area (Å²) in [6, 6.07) is 6.41. The van der Waals surface area contributed by atoms with Gasteiger partial charge < -0.3 is 0 Å². The molecule has 0 atom stereocenters. The van der Waals surface area contributed by atoms with Gasteiger partial charge in [0.2, 0.25) is 11.0 Å².